The summed E-state index contributed by atoms with van der Waals surface area (Å²) in [6, 6.07) is -0.136. The molecule has 1 rings (SSSR count). The van der Waals surface area contributed by atoms with E-state index in [9.17, 15) is 17.6 Å². The van der Waals surface area contributed by atoms with Crippen LogP contribution < -0.4 is 5.32 Å². The Labute approximate surface area is 106 Å². The van der Waals surface area contributed by atoms with E-state index in [1.165, 1.54) is 4.90 Å². The summed E-state index contributed by atoms with van der Waals surface area (Å²) in [4.78, 5) is 1.49. The average Bonchev–Trinajstić information content (AvgIpc) is 2.14. The van der Waals surface area contributed by atoms with Crippen molar-refractivity contribution in [3.63, 3.8) is 0 Å². The molecule has 1 saturated heterocycles. The second kappa shape index (κ2) is 5.33. The van der Waals surface area contributed by atoms with Gasteiger partial charge in [0.15, 0.2) is 0 Å². The number of hydrogen-bond acceptors (Lipinski definition) is 2. The van der Waals surface area contributed by atoms with Gasteiger partial charge in [-0.15, -0.1) is 0 Å². The van der Waals surface area contributed by atoms with E-state index in [2.05, 4.69) is 5.32 Å². The van der Waals surface area contributed by atoms with Crippen LogP contribution >= 0.6 is 0 Å². The number of rotatable bonds is 4. The SMILES string of the molecule is CC(C)C1CNC(C)(C)CN1CC(F)(F)C(F)F. The maximum Gasteiger partial charge on any atom is 0.319 e. The van der Waals surface area contributed by atoms with Crippen LogP contribution in [0.2, 0.25) is 0 Å². The summed E-state index contributed by atoms with van der Waals surface area (Å²) >= 11 is 0. The molecule has 0 aromatic heterocycles. The molecule has 1 N–H and O–H groups in total. The van der Waals surface area contributed by atoms with Gasteiger partial charge in [0.1, 0.15) is 0 Å². The predicted octanol–water partition coefficient (Wildman–Crippen LogP) is 2.60. The Morgan fingerprint density at radius 3 is 2.33 bits per heavy atom. The van der Waals surface area contributed by atoms with E-state index in [0.717, 1.165) is 0 Å². The largest absolute Gasteiger partial charge is 0.319 e. The summed E-state index contributed by atoms with van der Waals surface area (Å²) < 4.78 is 51.0. The minimum Gasteiger partial charge on any atom is -0.309 e. The van der Waals surface area contributed by atoms with Crippen molar-refractivity contribution in [2.45, 2.75) is 51.6 Å². The van der Waals surface area contributed by atoms with E-state index >= 15 is 0 Å². The Morgan fingerprint density at radius 2 is 1.89 bits per heavy atom. The zero-order valence-corrected chi connectivity index (χ0v) is 11.3. The van der Waals surface area contributed by atoms with Crippen molar-refractivity contribution in [2.75, 3.05) is 19.6 Å². The van der Waals surface area contributed by atoms with Gasteiger partial charge in [-0.1, -0.05) is 13.8 Å². The molecule has 1 aliphatic heterocycles. The third-order valence-corrected chi connectivity index (χ3v) is 3.36. The Bertz CT molecular complexity index is 279. The zero-order chi connectivity index (χ0) is 14.1. The highest BCUT2D eigenvalue weighted by Crippen LogP contribution is 2.28. The number of piperazine rings is 1. The minimum atomic E-state index is -3.94. The van der Waals surface area contributed by atoms with E-state index in [1.54, 1.807) is 0 Å². The summed E-state index contributed by atoms with van der Waals surface area (Å²) in [5.74, 6) is -3.80. The van der Waals surface area contributed by atoms with Crippen LogP contribution in [0.1, 0.15) is 27.7 Å². The molecule has 18 heavy (non-hydrogen) atoms. The Morgan fingerprint density at radius 1 is 1.33 bits per heavy atom. The maximum atomic E-state index is 13.2. The van der Waals surface area contributed by atoms with Gasteiger partial charge in [-0.3, -0.25) is 4.90 Å². The zero-order valence-electron chi connectivity index (χ0n) is 11.3. The molecule has 0 bridgehead atoms. The van der Waals surface area contributed by atoms with Gasteiger partial charge in [0.25, 0.3) is 0 Å². The number of nitrogens with one attached hydrogen (secondary N) is 1. The third-order valence-electron chi connectivity index (χ3n) is 3.36. The number of alkyl halides is 4. The molecule has 0 amide bonds. The van der Waals surface area contributed by atoms with Crippen LogP contribution in [0.3, 0.4) is 0 Å². The summed E-state index contributed by atoms with van der Waals surface area (Å²) in [6.07, 6.45) is -3.61. The molecular formula is C12H22F4N2. The highest BCUT2D eigenvalue weighted by molar-refractivity contribution is 4.95. The highest BCUT2D eigenvalue weighted by Gasteiger charge is 2.46. The van der Waals surface area contributed by atoms with Gasteiger partial charge < -0.3 is 5.32 Å². The van der Waals surface area contributed by atoms with Crippen LogP contribution in [0, 0.1) is 5.92 Å². The van der Waals surface area contributed by atoms with Gasteiger partial charge in [-0.05, 0) is 19.8 Å². The van der Waals surface area contributed by atoms with Crippen molar-refractivity contribution >= 4 is 0 Å². The number of nitrogens with zero attached hydrogens (tertiary/aromatic N) is 1. The van der Waals surface area contributed by atoms with E-state index < -0.39 is 18.9 Å². The summed E-state index contributed by atoms with van der Waals surface area (Å²) in [6.45, 7) is 7.62. The lowest BCUT2D eigenvalue weighted by atomic mass is 9.93. The first-order chi connectivity index (χ1) is 8.05. The highest BCUT2D eigenvalue weighted by atomic mass is 19.3. The fourth-order valence-electron chi connectivity index (χ4n) is 2.36. The Kier molecular flexibility index (Phi) is 4.65. The molecule has 108 valence electrons. The van der Waals surface area contributed by atoms with E-state index in [1.807, 2.05) is 27.7 Å². The number of hydrogen-bond donors (Lipinski definition) is 1. The van der Waals surface area contributed by atoms with E-state index in [-0.39, 0.29) is 17.5 Å². The standard InChI is InChI=1S/C12H22F4N2/c1-8(2)9-5-17-11(3,4)6-18(9)7-12(15,16)10(13)14/h8-10,17H,5-7H2,1-4H3. The lowest BCUT2D eigenvalue weighted by Crippen LogP contribution is -2.64. The molecule has 6 heteroatoms. The normalized spacial score (nSPS) is 26.0. The molecule has 1 aliphatic rings. The molecule has 0 aromatic carbocycles. The third kappa shape index (κ3) is 3.82. The molecule has 0 aliphatic carbocycles. The Balaban J connectivity index is 2.79. The van der Waals surface area contributed by atoms with Gasteiger partial charge in [0.2, 0.25) is 0 Å². The molecule has 0 aromatic rings. The van der Waals surface area contributed by atoms with Gasteiger partial charge in [-0.2, -0.15) is 8.78 Å². The van der Waals surface area contributed by atoms with Gasteiger partial charge >= 0.3 is 12.3 Å². The van der Waals surface area contributed by atoms with Crippen molar-refractivity contribution in [3.05, 3.63) is 0 Å². The Hall–Kier alpha value is -0.360. The van der Waals surface area contributed by atoms with Gasteiger partial charge in [0.05, 0.1) is 6.54 Å². The first-order valence-corrected chi connectivity index (χ1v) is 6.20. The maximum absolute atomic E-state index is 13.2. The van der Waals surface area contributed by atoms with Crippen molar-refractivity contribution in [2.24, 2.45) is 5.92 Å². The predicted molar refractivity (Wildman–Crippen MR) is 63.2 cm³/mol. The minimum absolute atomic E-state index is 0.136. The first kappa shape index (κ1) is 15.7. The lowest BCUT2D eigenvalue weighted by Gasteiger charge is -2.47. The van der Waals surface area contributed by atoms with Crippen LogP contribution in [-0.2, 0) is 0 Å². The van der Waals surface area contributed by atoms with Gasteiger partial charge in [0, 0.05) is 24.7 Å². The molecule has 1 unspecified atom stereocenters. The van der Waals surface area contributed by atoms with Crippen LogP contribution in [0.25, 0.3) is 0 Å². The summed E-state index contributed by atoms with van der Waals surface area (Å²) in [7, 11) is 0. The second-order valence-electron chi connectivity index (χ2n) is 6.04. The molecule has 1 atom stereocenters. The second-order valence-corrected chi connectivity index (χ2v) is 6.04. The van der Waals surface area contributed by atoms with Crippen LogP contribution in [0.5, 0.6) is 0 Å². The molecule has 1 heterocycles. The van der Waals surface area contributed by atoms with Gasteiger partial charge in [-0.25, -0.2) is 8.78 Å². The smallest absolute Gasteiger partial charge is 0.309 e. The van der Waals surface area contributed by atoms with Crippen molar-refractivity contribution < 1.29 is 17.6 Å². The molecule has 0 radical (unpaired) electrons. The topological polar surface area (TPSA) is 15.3 Å². The van der Waals surface area contributed by atoms with E-state index in [4.69, 9.17) is 0 Å². The lowest BCUT2D eigenvalue weighted by molar-refractivity contribution is -0.152. The van der Waals surface area contributed by atoms with Crippen LogP contribution in [-0.4, -0.2) is 48.5 Å². The van der Waals surface area contributed by atoms with Crippen molar-refractivity contribution in [3.8, 4) is 0 Å². The van der Waals surface area contributed by atoms with E-state index in [0.29, 0.717) is 13.1 Å². The first-order valence-electron chi connectivity index (χ1n) is 6.20. The summed E-state index contributed by atoms with van der Waals surface area (Å²) in [5, 5.41) is 3.26. The molecule has 0 spiro atoms. The molecular weight excluding hydrogens is 248 g/mol. The van der Waals surface area contributed by atoms with Crippen LogP contribution in [0.4, 0.5) is 17.6 Å². The van der Waals surface area contributed by atoms with Crippen LogP contribution in [0.15, 0.2) is 0 Å². The van der Waals surface area contributed by atoms with Crippen molar-refractivity contribution in [1.82, 2.24) is 10.2 Å². The quantitative estimate of drug-likeness (QED) is 0.790. The number of halogens is 4. The molecule has 0 saturated carbocycles. The van der Waals surface area contributed by atoms with Crippen molar-refractivity contribution in [1.29, 1.82) is 0 Å². The fraction of sp³-hybridized carbons (Fsp3) is 1.00. The molecule has 1 fully saturated rings. The monoisotopic (exact) mass is 270 g/mol. The molecule has 2 nitrogen and oxygen atoms in total. The average molecular weight is 270 g/mol. The fourth-order valence-corrected chi connectivity index (χ4v) is 2.36. The summed E-state index contributed by atoms with van der Waals surface area (Å²) in [5.41, 5.74) is -0.330.